The van der Waals surface area contributed by atoms with Gasteiger partial charge in [0.2, 0.25) is 0 Å². The molecule has 0 atom stereocenters. The predicted octanol–water partition coefficient (Wildman–Crippen LogP) is 2.15. The molecule has 1 saturated heterocycles. The fourth-order valence-corrected chi connectivity index (χ4v) is 2.74. The Labute approximate surface area is 117 Å². The molecule has 1 aromatic rings. The van der Waals surface area contributed by atoms with Crippen LogP contribution in [0.2, 0.25) is 0 Å². The number of likely N-dealkylation sites (N-methyl/N-ethyl adjacent to an activating group) is 2. The molecule has 0 saturated carbocycles. The molecule has 0 aliphatic carbocycles. The fourth-order valence-electron chi connectivity index (χ4n) is 2.74. The second kappa shape index (κ2) is 6.92. The Morgan fingerprint density at radius 2 is 1.68 bits per heavy atom. The lowest BCUT2D eigenvalue weighted by molar-refractivity contribution is 0.147. The first-order valence-electron chi connectivity index (χ1n) is 7.32. The Balaban J connectivity index is 1.75. The number of hydrogen-bond donors (Lipinski definition) is 0. The summed E-state index contributed by atoms with van der Waals surface area (Å²) in [6, 6.07) is 11.4. The predicted molar refractivity (Wildman–Crippen MR) is 82.9 cm³/mol. The molecule has 1 fully saturated rings. The number of rotatable bonds is 5. The normalized spacial score (nSPS) is 17.9. The molecule has 0 aromatic heterocycles. The van der Waals surface area contributed by atoms with Gasteiger partial charge in [-0.1, -0.05) is 18.2 Å². The highest BCUT2D eigenvalue weighted by molar-refractivity contribution is 5.44. The Bertz CT molecular complexity index is 358. The van der Waals surface area contributed by atoms with Gasteiger partial charge in [0.05, 0.1) is 0 Å². The molecular weight excluding hydrogens is 234 g/mol. The Kier molecular flexibility index (Phi) is 5.23. The minimum atomic E-state index is 0.764. The quantitative estimate of drug-likeness (QED) is 0.804. The third kappa shape index (κ3) is 4.22. The molecule has 0 unspecified atom stereocenters. The molecule has 1 aliphatic rings. The van der Waals surface area contributed by atoms with Gasteiger partial charge in [0, 0.05) is 31.9 Å². The van der Waals surface area contributed by atoms with Crippen LogP contribution in [-0.4, -0.2) is 63.2 Å². The molecule has 0 amide bonds. The summed E-state index contributed by atoms with van der Waals surface area (Å²) in [4.78, 5) is 7.30. The molecule has 0 radical (unpaired) electrons. The van der Waals surface area contributed by atoms with E-state index in [9.17, 15) is 0 Å². The molecule has 1 heterocycles. The van der Waals surface area contributed by atoms with Crippen molar-refractivity contribution in [2.45, 2.75) is 18.9 Å². The second-order valence-electron chi connectivity index (χ2n) is 5.77. The van der Waals surface area contributed by atoms with Crippen LogP contribution < -0.4 is 4.90 Å². The van der Waals surface area contributed by atoms with Gasteiger partial charge in [-0.2, -0.15) is 0 Å². The van der Waals surface area contributed by atoms with E-state index in [1.54, 1.807) is 0 Å². The van der Waals surface area contributed by atoms with Crippen LogP contribution in [0.5, 0.6) is 0 Å². The van der Waals surface area contributed by atoms with Crippen molar-refractivity contribution in [2.75, 3.05) is 52.2 Å². The summed E-state index contributed by atoms with van der Waals surface area (Å²) in [5.74, 6) is 0. The first kappa shape index (κ1) is 14.4. The number of nitrogens with zero attached hydrogens (tertiary/aromatic N) is 3. The van der Waals surface area contributed by atoms with E-state index in [0.717, 1.165) is 19.1 Å². The number of piperidine rings is 1. The molecule has 0 spiro atoms. The monoisotopic (exact) mass is 261 g/mol. The van der Waals surface area contributed by atoms with E-state index < -0.39 is 0 Å². The average molecular weight is 261 g/mol. The van der Waals surface area contributed by atoms with Gasteiger partial charge >= 0.3 is 0 Å². The highest BCUT2D eigenvalue weighted by Crippen LogP contribution is 2.15. The van der Waals surface area contributed by atoms with Gasteiger partial charge in [-0.25, -0.2) is 0 Å². The van der Waals surface area contributed by atoms with Crippen molar-refractivity contribution in [1.82, 2.24) is 9.80 Å². The third-order valence-electron chi connectivity index (χ3n) is 4.30. The van der Waals surface area contributed by atoms with Crippen molar-refractivity contribution in [3.63, 3.8) is 0 Å². The molecule has 3 heteroatoms. The summed E-state index contributed by atoms with van der Waals surface area (Å²) in [5, 5.41) is 0. The van der Waals surface area contributed by atoms with E-state index in [1.807, 2.05) is 0 Å². The number of benzene rings is 1. The lowest BCUT2D eigenvalue weighted by Gasteiger charge is -2.36. The number of para-hydroxylation sites is 1. The minimum Gasteiger partial charge on any atom is -0.373 e. The maximum Gasteiger partial charge on any atom is 0.0364 e. The highest BCUT2D eigenvalue weighted by Gasteiger charge is 2.20. The molecule has 1 aliphatic heterocycles. The van der Waals surface area contributed by atoms with Crippen LogP contribution in [0.25, 0.3) is 0 Å². The summed E-state index contributed by atoms with van der Waals surface area (Å²) >= 11 is 0. The number of hydrogen-bond acceptors (Lipinski definition) is 3. The number of likely N-dealkylation sites (tertiary alicyclic amines) is 1. The standard InChI is InChI=1S/C16H27N3/c1-17-11-9-16(10-12-17)19(3)14-13-18(2)15-7-5-4-6-8-15/h4-8,16H,9-14H2,1-3H3. The van der Waals surface area contributed by atoms with Crippen molar-refractivity contribution in [1.29, 1.82) is 0 Å². The van der Waals surface area contributed by atoms with Crippen LogP contribution in [0, 0.1) is 0 Å². The zero-order chi connectivity index (χ0) is 13.7. The zero-order valence-corrected chi connectivity index (χ0v) is 12.5. The number of anilines is 1. The second-order valence-corrected chi connectivity index (χ2v) is 5.77. The largest absolute Gasteiger partial charge is 0.373 e. The van der Waals surface area contributed by atoms with E-state index >= 15 is 0 Å². The van der Waals surface area contributed by atoms with Crippen LogP contribution in [0.1, 0.15) is 12.8 Å². The summed E-state index contributed by atoms with van der Waals surface area (Å²) in [6.07, 6.45) is 2.62. The Hall–Kier alpha value is -1.06. The molecule has 19 heavy (non-hydrogen) atoms. The highest BCUT2D eigenvalue weighted by atomic mass is 15.2. The maximum absolute atomic E-state index is 2.53. The van der Waals surface area contributed by atoms with Crippen molar-refractivity contribution in [3.8, 4) is 0 Å². The van der Waals surface area contributed by atoms with Gasteiger partial charge in [0.15, 0.2) is 0 Å². The summed E-state index contributed by atoms with van der Waals surface area (Å²) in [6.45, 7) is 4.71. The van der Waals surface area contributed by atoms with E-state index in [2.05, 4.69) is 66.2 Å². The van der Waals surface area contributed by atoms with Gasteiger partial charge in [0.25, 0.3) is 0 Å². The Morgan fingerprint density at radius 1 is 1.05 bits per heavy atom. The smallest absolute Gasteiger partial charge is 0.0364 e. The van der Waals surface area contributed by atoms with E-state index in [4.69, 9.17) is 0 Å². The van der Waals surface area contributed by atoms with Crippen LogP contribution in [-0.2, 0) is 0 Å². The van der Waals surface area contributed by atoms with Crippen LogP contribution in [0.4, 0.5) is 5.69 Å². The average Bonchev–Trinajstić information content (AvgIpc) is 2.46. The van der Waals surface area contributed by atoms with Crippen molar-refractivity contribution in [2.24, 2.45) is 0 Å². The lowest BCUT2D eigenvalue weighted by Crippen LogP contribution is -2.44. The lowest BCUT2D eigenvalue weighted by atomic mass is 10.0. The molecule has 0 bridgehead atoms. The SMILES string of the molecule is CN1CCC(N(C)CCN(C)c2ccccc2)CC1. The van der Waals surface area contributed by atoms with Gasteiger partial charge in [-0.15, -0.1) is 0 Å². The minimum absolute atomic E-state index is 0.764. The zero-order valence-electron chi connectivity index (χ0n) is 12.5. The summed E-state index contributed by atoms with van der Waals surface area (Å²) in [5.41, 5.74) is 1.30. The topological polar surface area (TPSA) is 9.72 Å². The molecule has 3 nitrogen and oxygen atoms in total. The molecule has 106 valence electrons. The summed E-state index contributed by atoms with van der Waals surface area (Å²) < 4.78 is 0. The third-order valence-corrected chi connectivity index (χ3v) is 4.30. The van der Waals surface area contributed by atoms with Gasteiger partial charge in [-0.05, 0) is 52.2 Å². The molecule has 2 rings (SSSR count). The fraction of sp³-hybridized carbons (Fsp3) is 0.625. The van der Waals surface area contributed by atoms with Crippen LogP contribution >= 0.6 is 0 Å². The van der Waals surface area contributed by atoms with Gasteiger partial charge in [0.1, 0.15) is 0 Å². The first-order chi connectivity index (χ1) is 9.16. The molecular formula is C16H27N3. The van der Waals surface area contributed by atoms with E-state index in [1.165, 1.54) is 31.6 Å². The van der Waals surface area contributed by atoms with Crippen molar-refractivity contribution in [3.05, 3.63) is 30.3 Å². The van der Waals surface area contributed by atoms with Crippen molar-refractivity contribution < 1.29 is 0 Å². The maximum atomic E-state index is 2.53. The molecule has 0 N–H and O–H groups in total. The van der Waals surface area contributed by atoms with Crippen LogP contribution in [0.3, 0.4) is 0 Å². The molecule has 1 aromatic carbocycles. The van der Waals surface area contributed by atoms with Gasteiger partial charge < -0.3 is 14.7 Å². The van der Waals surface area contributed by atoms with Gasteiger partial charge in [-0.3, -0.25) is 0 Å². The Morgan fingerprint density at radius 3 is 2.32 bits per heavy atom. The van der Waals surface area contributed by atoms with E-state index in [0.29, 0.717) is 0 Å². The summed E-state index contributed by atoms with van der Waals surface area (Å²) in [7, 11) is 6.67. The first-order valence-corrected chi connectivity index (χ1v) is 7.32. The van der Waals surface area contributed by atoms with Crippen LogP contribution in [0.15, 0.2) is 30.3 Å². The van der Waals surface area contributed by atoms with E-state index in [-0.39, 0.29) is 0 Å². The van der Waals surface area contributed by atoms with Crippen molar-refractivity contribution >= 4 is 5.69 Å².